The quantitative estimate of drug-likeness (QED) is 0.822. The average molecular weight is 341 g/mol. The lowest BCUT2D eigenvalue weighted by Crippen LogP contribution is -2.46. The van der Waals surface area contributed by atoms with Crippen molar-refractivity contribution in [3.63, 3.8) is 0 Å². The van der Waals surface area contributed by atoms with Gasteiger partial charge in [-0.15, -0.1) is 0 Å². The minimum atomic E-state index is -1.97. The van der Waals surface area contributed by atoms with E-state index in [4.69, 9.17) is 0 Å². The molecule has 130 valence electrons. The van der Waals surface area contributed by atoms with Gasteiger partial charge in [0.25, 0.3) is 5.91 Å². The number of nitrogens with zero attached hydrogens (tertiary/aromatic N) is 1. The number of carbonyl (C=O) groups is 2. The third-order valence-corrected chi connectivity index (χ3v) is 4.63. The molecule has 1 aliphatic heterocycles. The summed E-state index contributed by atoms with van der Waals surface area (Å²) < 4.78 is 13.6. The Hall–Kier alpha value is -2.53. The number of rotatable bonds is 6. The van der Waals surface area contributed by atoms with Gasteiger partial charge in [-0.25, -0.2) is 4.39 Å². The predicted octanol–water partition coefficient (Wildman–Crippen LogP) is 2.89. The minimum absolute atomic E-state index is 0.0409. The number of halogens is 1. The van der Waals surface area contributed by atoms with Gasteiger partial charge in [-0.05, 0) is 36.6 Å². The summed E-state index contributed by atoms with van der Waals surface area (Å²) in [5.41, 5.74) is -0.765. The van der Waals surface area contributed by atoms with Crippen molar-refractivity contribution in [2.24, 2.45) is 0 Å². The van der Waals surface area contributed by atoms with Gasteiger partial charge in [0.15, 0.2) is 5.78 Å². The standard InChI is InChI=1S/C20H20FNO3/c21-17-11-5-4-7-15(17)8-6-12-18(23)20(25)13-14-22(19(20)24)16-9-2-1-3-10-16/h1-5,7,9-11,25H,6,8,12-14H2/t20-/m0/s1. The number of aliphatic hydroxyl groups is 1. The lowest BCUT2D eigenvalue weighted by molar-refractivity contribution is -0.147. The molecule has 3 rings (SSSR count). The zero-order chi connectivity index (χ0) is 17.9. The second-order valence-corrected chi connectivity index (χ2v) is 6.27. The SMILES string of the molecule is O=C(CCCc1ccccc1F)[C@@]1(O)CCN(c2ccccc2)C1=O. The van der Waals surface area contributed by atoms with Gasteiger partial charge in [-0.1, -0.05) is 36.4 Å². The maximum atomic E-state index is 13.6. The largest absolute Gasteiger partial charge is 0.373 e. The highest BCUT2D eigenvalue weighted by molar-refractivity contribution is 6.17. The lowest BCUT2D eigenvalue weighted by atomic mass is 9.92. The Bertz CT molecular complexity index is 778. The summed E-state index contributed by atoms with van der Waals surface area (Å²) in [6.07, 6.45) is 0.907. The van der Waals surface area contributed by atoms with Gasteiger partial charge >= 0.3 is 0 Å². The Kier molecular flexibility index (Phi) is 4.95. The normalized spacial score (nSPS) is 20.1. The van der Waals surface area contributed by atoms with E-state index in [2.05, 4.69) is 0 Å². The molecule has 0 spiro atoms. The van der Waals surface area contributed by atoms with Crippen LogP contribution < -0.4 is 4.90 Å². The van der Waals surface area contributed by atoms with E-state index in [9.17, 15) is 19.1 Å². The number of carbonyl (C=O) groups excluding carboxylic acids is 2. The summed E-state index contributed by atoms with van der Waals surface area (Å²) >= 11 is 0. The molecule has 1 heterocycles. The molecule has 1 atom stereocenters. The van der Waals surface area contributed by atoms with Crippen molar-refractivity contribution in [1.29, 1.82) is 0 Å². The molecule has 0 unspecified atom stereocenters. The smallest absolute Gasteiger partial charge is 0.266 e. The summed E-state index contributed by atoms with van der Waals surface area (Å²) in [5, 5.41) is 10.6. The van der Waals surface area contributed by atoms with Crippen LogP contribution in [0.25, 0.3) is 0 Å². The minimum Gasteiger partial charge on any atom is -0.373 e. The van der Waals surface area contributed by atoms with Crippen molar-refractivity contribution >= 4 is 17.4 Å². The molecule has 2 aromatic rings. The molecule has 0 radical (unpaired) electrons. The monoisotopic (exact) mass is 341 g/mol. The Morgan fingerprint density at radius 3 is 2.52 bits per heavy atom. The highest BCUT2D eigenvalue weighted by Gasteiger charge is 2.50. The molecule has 1 fully saturated rings. The summed E-state index contributed by atoms with van der Waals surface area (Å²) in [4.78, 5) is 26.4. The fourth-order valence-electron chi connectivity index (χ4n) is 3.17. The van der Waals surface area contributed by atoms with Crippen molar-refractivity contribution in [2.75, 3.05) is 11.4 Å². The number of para-hydroxylation sites is 1. The Morgan fingerprint density at radius 1 is 1.12 bits per heavy atom. The van der Waals surface area contributed by atoms with E-state index in [-0.39, 0.29) is 18.7 Å². The Balaban J connectivity index is 1.62. The number of benzene rings is 2. The van der Waals surface area contributed by atoms with Crippen LogP contribution >= 0.6 is 0 Å². The van der Waals surface area contributed by atoms with E-state index in [1.165, 1.54) is 11.0 Å². The molecule has 0 saturated carbocycles. The van der Waals surface area contributed by atoms with Gasteiger partial charge in [0.1, 0.15) is 5.82 Å². The Labute approximate surface area is 145 Å². The fourth-order valence-corrected chi connectivity index (χ4v) is 3.17. The zero-order valence-electron chi connectivity index (χ0n) is 13.8. The molecular formula is C20H20FNO3. The van der Waals surface area contributed by atoms with Gasteiger partial charge in [0.05, 0.1) is 0 Å². The number of anilines is 1. The molecule has 1 N–H and O–H groups in total. The topological polar surface area (TPSA) is 57.6 Å². The van der Waals surface area contributed by atoms with Crippen LogP contribution in [-0.2, 0) is 16.0 Å². The van der Waals surface area contributed by atoms with E-state index in [1.807, 2.05) is 6.07 Å². The zero-order valence-corrected chi connectivity index (χ0v) is 13.8. The average Bonchev–Trinajstić information content (AvgIpc) is 2.94. The van der Waals surface area contributed by atoms with Crippen LogP contribution in [0.1, 0.15) is 24.8 Å². The molecule has 5 heteroatoms. The van der Waals surface area contributed by atoms with E-state index in [1.54, 1.807) is 42.5 Å². The molecule has 4 nitrogen and oxygen atoms in total. The number of hydrogen-bond acceptors (Lipinski definition) is 3. The second-order valence-electron chi connectivity index (χ2n) is 6.27. The molecule has 25 heavy (non-hydrogen) atoms. The number of amides is 1. The molecule has 1 amide bonds. The predicted molar refractivity (Wildman–Crippen MR) is 92.7 cm³/mol. The first-order valence-electron chi connectivity index (χ1n) is 8.38. The first kappa shape index (κ1) is 17.3. The molecule has 1 aliphatic rings. The third kappa shape index (κ3) is 3.46. The summed E-state index contributed by atoms with van der Waals surface area (Å²) in [7, 11) is 0. The summed E-state index contributed by atoms with van der Waals surface area (Å²) in [6, 6.07) is 15.4. The van der Waals surface area contributed by atoms with E-state index in [0.29, 0.717) is 30.6 Å². The van der Waals surface area contributed by atoms with Crippen molar-refractivity contribution in [3.8, 4) is 0 Å². The van der Waals surface area contributed by atoms with E-state index < -0.39 is 17.3 Å². The van der Waals surface area contributed by atoms with E-state index >= 15 is 0 Å². The fraction of sp³-hybridized carbons (Fsp3) is 0.300. The molecule has 1 saturated heterocycles. The highest BCUT2D eigenvalue weighted by atomic mass is 19.1. The maximum absolute atomic E-state index is 13.6. The van der Waals surface area contributed by atoms with Gasteiger partial charge < -0.3 is 10.0 Å². The van der Waals surface area contributed by atoms with Crippen molar-refractivity contribution in [2.45, 2.75) is 31.3 Å². The lowest BCUT2D eigenvalue weighted by Gasteiger charge is -2.21. The first-order valence-corrected chi connectivity index (χ1v) is 8.38. The van der Waals surface area contributed by atoms with Gasteiger partial charge in [0.2, 0.25) is 5.60 Å². The molecule has 0 bridgehead atoms. The molecule has 2 aromatic carbocycles. The number of ketones is 1. The number of hydrogen-bond donors (Lipinski definition) is 1. The van der Waals surface area contributed by atoms with E-state index in [0.717, 1.165) is 0 Å². The van der Waals surface area contributed by atoms with Gasteiger partial charge in [-0.3, -0.25) is 9.59 Å². The third-order valence-electron chi connectivity index (χ3n) is 4.63. The van der Waals surface area contributed by atoms with Gasteiger partial charge in [-0.2, -0.15) is 0 Å². The van der Waals surface area contributed by atoms with Crippen LogP contribution in [0.15, 0.2) is 54.6 Å². The first-order chi connectivity index (χ1) is 12.0. The molecular weight excluding hydrogens is 321 g/mol. The molecule has 0 aliphatic carbocycles. The van der Waals surface area contributed by atoms with Crippen LogP contribution in [0.4, 0.5) is 10.1 Å². The molecule has 0 aromatic heterocycles. The van der Waals surface area contributed by atoms with Crippen LogP contribution in [0, 0.1) is 5.82 Å². The second kappa shape index (κ2) is 7.15. The number of aryl methyl sites for hydroxylation is 1. The van der Waals surface area contributed by atoms with Crippen LogP contribution in [0.5, 0.6) is 0 Å². The van der Waals surface area contributed by atoms with Gasteiger partial charge in [0, 0.05) is 25.1 Å². The maximum Gasteiger partial charge on any atom is 0.266 e. The number of Topliss-reactive ketones (excluding diaryl/α,β-unsaturated/α-hetero) is 1. The highest BCUT2D eigenvalue weighted by Crippen LogP contribution is 2.30. The summed E-state index contributed by atoms with van der Waals surface area (Å²) in [5.74, 6) is -1.37. The van der Waals surface area contributed by atoms with Crippen molar-refractivity contribution in [3.05, 3.63) is 66.0 Å². The van der Waals surface area contributed by atoms with Crippen LogP contribution in [0.3, 0.4) is 0 Å². The van der Waals surface area contributed by atoms with Crippen LogP contribution in [-0.4, -0.2) is 28.9 Å². The summed E-state index contributed by atoms with van der Waals surface area (Å²) in [6.45, 7) is 0.304. The van der Waals surface area contributed by atoms with Crippen molar-refractivity contribution in [1.82, 2.24) is 0 Å². The van der Waals surface area contributed by atoms with Crippen molar-refractivity contribution < 1.29 is 19.1 Å². The van der Waals surface area contributed by atoms with Crippen LogP contribution in [0.2, 0.25) is 0 Å². The Morgan fingerprint density at radius 2 is 1.80 bits per heavy atom.